The maximum atomic E-state index is 11.8. The molecule has 0 aliphatic rings. The van der Waals surface area contributed by atoms with Crippen LogP contribution in [-0.4, -0.2) is 33.6 Å². The molecular formula is C10H12ClN3O4. The molecule has 1 heterocycles. The Morgan fingerprint density at radius 1 is 1.72 bits per heavy atom. The summed E-state index contributed by atoms with van der Waals surface area (Å²) in [6.45, 7) is 1.60. The number of pyridine rings is 1. The highest BCUT2D eigenvalue weighted by Crippen LogP contribution is 2.25. The molecule has 1 atom stereocenters. The Balaban J connectivity index is 2.99. The third kappa shape index (κ3) is 3.38. The lowest BCUT2D eigenvalue weighted by Gasteiger charge is -2.12. The van der Waals surface area contributed by atoms with Gasteiger partial charge < -0.3 is 10.4 Å². The molecule has 1 amide bonds. The average Bonchev–Trinajstić information content (AvgIpc) is 2.28. The first kappa shape index (κ1) is 14.3. The predicted octanol–water partition coefficient (Wildman–Crippen LogP) is 1.14. The Labute approximate surface area is 108 Å². The number of aromatic nitrogens is 1. The number of hydrogen-bond acceptors (Lipinski definition) is 5. The van der Waals surface area contributed by atoms with Gasteiger partial charge in [0.15, 0.2) is 0 Å². The number of aliphatic hydroxyl groups excluding tert-OH is 1. The predicted molar refractivity (Wildman–Crippen MR) is 64.5 cm³/mol. The van der Waals surface area contributed by atoms with Crippen molar-refractivity contribution < 1.29 is 14.8 Å². The van der Waals surface area contributed by atoms with Crippen molar-refractivity contribution in [2.24, 2.45) is 0 Å². The largest absolute Gasteiger partial charge is 0.396 e. The number of nitro groups is 1. The van der Waals surface area contributed by atoms with Crippen LogP contribution in [0, 0.1) is 10.1 Å². The van der Waals surface area contributed by atoms with E-state index >= 15 is 0 Å². The summed E-state index contributed by atoms with van der Waals surface area (Å²) >= 11 is 5.59. The van der Waals surface area contributed by atoms with Crippen molar-refractivity contribution in [1.29, 1.82) is 0 Å². The molecule has 2 N–H and O–H groups in total. The van der Waals surface area contributed by atoms with Gasteiger partial charge in [0.1, 0.15) is 5.56 Å². The van der Waals surface area contributed by atoms with Gasteiger partial charge in [0.2, 0.25) is 5.15 Å². The van der Waals surface area contributed by atoms with Crippen molar-refractivity contribution in [3.05, 3.63) is 33.1 Å². The molecule has 0 fully saturated rings. The highest BCUT2D eigenvalue weighted by atomic mass is 35.5. The second-order valence-corrected chi connectivity index (χ2v) is 4.00. The molecule has 98 valence electrons. The van der Waals surface area contributed by atoms with Gasteiger partial charge in [-0.1, -0.05) is 11.6 Å². The maximum Gasteiger partial charge on any atom is 0.319 e. The number of amides is 1. The van der Waals surface area contributed by atoms with E-state index in [9.17, 15) is 14.9 Å². The number of halogens is 1. The van der Waals surface area contributed by atoms with Crippen molar-refractivity contribution in [2.45, 2.75) is 19.4 Å². The summed E-state index contributed by atoms with van der Waals surface area (Å²) in [7, 11) is 0. The Bertz CT molecular complexity index is 466. The molecule has 0 aliphatic heterocycles. The molecule has 1 aromatic rings. The molecule has 1 rings (SSSR count). The second-order valence-electron chi connectivity index (χ2n) is 3.64. The van der Waals surface area contributed by atoms with E-state index in [-0.39, 0.29) is 23.4 Å². The fourth-order valence-electron chi connectivity index (χ4n) is 1.35. The fourth-order valence-corrected chi connectivity index (χ4v) is 1.58. The van der Waals surface area contributed by atoms with E-state index in [2.05, 4.69) is 10.3 Å². The van der Waals surface area contributed by atoms with Gasteiger partial charge in [-0.2, -0.15) is 0 Å². The number of aliphatic hydroxyl groups is 1. The Hall–Kier alpha value is -1.73. The summed E-state index contributed by atoms with van der Waals surface area (Å²) in [6.07, 6.45) is 1.58. The number of carbonyl (C=O) groups excluding carboxylic acids is 1. The summed E-state index contributed by atoms with van der Waals surface area (Å²) in [5.41, 5.74) is -0.669. The Kier molecular flexibility index (Phi) is 4.99. The van der Waals surface area contributed by atoms with Crippen molar-refractivity contribution in [2.75, 3.05) is 6.61 Å². The molecule has 8 heteroatoms. The van der Waals surface area contributed by atoms with Crippen LogP contribution >= 0.6 is 11.6 Å². The van der Waals surface area contributed by atoms with Crippen LogP contribution in [0.4, 0.5) is 5.69 Å². The van der Waals surface area contributed by atoms with E-state index in [1.807, 2.05) is 0 Å². The van der Waals surface area contributed by atoms with E-state index in [0.29, 0.717) is 6.42 Å². The van der Waals surface area contributed by atoms with Gasteiger partial charge in [-0.3, -0.25) is 14.9 Å². The zero-order chi connectivity index (χ0) is 13.7. The first-order valence-electron chi connectivity index (χ1n) is 5.18. The minimum absolute atomic E-state index is 0.0827. The topological polar surface area (TPSA) is 105 Å². The fraction of sp³-hybridized carbons (Fsp3) is 0.400. The molecule has 18 heavy (non-hydrogen) atoms. The van der Waals surface area contributed by atoms with Gasteiger partial charge in [-0.25, -0.2) is 4.98 Å². The second kappa shape index (κ2) is 6.27. The van der Waals surface area contributed by atoms with Crippen LogP contribution in [0.5, 0.6) is 0 Å². The standard InChI is InChI=1S/C10H12ClN3O4/c1-6(3-5-15)13-10(16)7-2-4-12-9(11)8(7)14(17)18/h2,4,6,15H,3,5H2,1H3,(H,13,16). The summed E-state index contributed by atoms with van der Waals surface area (Å²) < 4.78 is 0. The lowest BCUT2D eigenvalue weighted by atomic mass is 10.2. The van der Waals surface area contributed by atoms with Gasteiger partial charge in [0.25, 0.3) is 5.91 Å². The van der Waals surface area contributed by atoms with Crippen LogP contribution in [0.3, 0.4) is 0 Å². The summed E-state index contributed by atoms with van der Waals surface area (Å²) in [5, 5.41) is 21.7. The van der Waals surface area contributed by atoms with Gasteiger partial charge in [-0.15, -0.1) is 0 Å². The van der Waals surface area contributed by atoms with Crippen LogP contribution in [0.2, 0.25) is 5.15 Å². The molecular weight excluding hydrogens is 262 g/mol. The van der Waals surface area contributed by atoms with Gasteiger partial charge in [0, 0.05) is 18.8 Å². The molecule has 7 nitrogen and oxygen atoms in total. The highest BCUT2D eigenvalue weighted by molar-refractivity contribution is 6.32. The lowest BCUT2D eigenvalue weighted by Crippen LogP contribution is -2.33. The van der Waals surface area contributed by atoms with E-state index in [1.165, 1.54) is 12.3 Å². The van der Waals surface area contributed by atoms with Crippen LogP contribution in [0.15, 0.2) is 12.3 Å². The van der Waals surface area contributed by atoms with E-state index in [0.717, 1.165) is 0 Å². The Morgan fingerprint density at radius 2 is 2.39 bits per heavy atom. The SMILES string of the molecule is CC(CCO)NC(=O)c1ccnc(Cl)c1[N+](=O)[O-]. The van der Waals surface area contributed by atoms with Crippen molar-refractivity contribution >= 4 is 23.2 Å². The molecule has 0 aromatic carbocycles. The molecule has 0 saturated carbocycles. The minimum atomic E-state index is -0.749. The minimum Gasteiger partial charge on any atom is -0.396 e. The molecule has 0 aliphatic carbocycles. The molecule has 1 unspecified atom stereocenters. The van der Waals surface area contributed by atoms with E-state index < -0.39 is 16.5 Å². The number of hydrogen-bond donors (Lipinski definition) is 2. The van der Waals surface area contributed by atoms with Crippen molar-refractivity contribution in [3.8, 4) is 0 Å². The maximum absolute atomic E-state index is 11.8. The van der Waals surface area contributed by atoms with E-state index in [4.69, 9.17) is 16.7 Å². The summed E-state index contributed by atoms with van der Waals surface area (Å²) in [4.78, 5) is 25.5. The number of nitrogens with zero attached hydrogens (tertiary/aromatic N) is 2. The monoisotopic (exact) mass is 273 g/mol. The molecule has 0 radical (unpaired) electrons. The Morgan fingerprint density at radius 3 is 2.94 bits per heavy atom. The number of nitrogens with one attached hydrogen (secondary N) is 1. The van der Waals surface area contributed by atoms with Crippen molar-refractivity contribution in [1.82, 2.24) is 10.3 Å². The molecule has 0 spiro atoms. The molecule has 1 aromatic heterocycles. The van der Waals surface area contributed by atoms with Crippen LogP contribution in [0.25, 0.3) is 0 Å². The molecule has 0 saturated heterocycles. The number of carbonyl (C=O) groups is 1. The van der Waals surface area contributed by atoms with Gasteiger partial charge in [-0.05, 0) is 19.4 Å². The number of rotatable bonds is 5. The van der Waals surface area contributed by atoms with Gasteiger partial charge >= 0.3 is 5.69 Å². The first-order valence-corrected chi connectivity index (χ1v) is 5.55. The first-order chi connectivity index (χ1) is 8.47. The molecule has 0 bridgehead atoms. The third-order valence-electron chi connectivity index (χ3n) is 2.25. The quantitative estimate of drug-likeness (QED) is 0.475. The average molecular weight is 274 g/mol. The van der Waals surface area contributed by atoms with Crippen molar-refractivity contribution in [3.63, 3.8) is 0 Å². The summed E-state index contributed by atoms with van der Waals surface area (Å²) in [6, 6.07) is 0.930. The van der Waals surface area contributed by atoms with E-state index in [1.54, 1.807) is 6.92 Å². The van der Waals surface area contributed by atoms with Crippen LogP contribution < -0.4 is 5.32 Å². The zero-order valence-electron chi connectivity index (χ0n) is 9.59. The summed E-state index contributed by atoms with van der Waals surface area (Å²) in [5.74, 6) is -0.619. The van der Waals surface area contributed by atoms with Crippen LogP contribution in [0.1, 0.15) is 23.7 Å². The smallest absolute Gasteiger partial charge is 0.319 e. The lowest BCUT2D eigenvalue weighted by molar-refractivity contribution is -0.385. The van der Waals surface area contributed by atoms with Crippen LogP contribution in [-0.2, 0) is 0 Å². The third-order valence-corrected chi connectivity index (χ3v) is 2.52. The zero-order valence-corrected chi connectivity index (χ0v) is 10.3. The highest BCUT2D eigenvalue weighted by Gasteiger charge is 2.25. The normalized spacial score (nSPS) is 11.9. The van der Waals surface area contributed by atoms with Gasteiger partial charge in [0.05, 0.1) is 4.92 Å².